The van der Waals surface area contributed by atoms with Crippen molar-refractivity contribution in [3.63, 3.8) is 0 Å². The number of benzene rings is 1. The molecular weight excluding hydrogens is 255 g/mol. The molecule has 0 aliphatic carbocycles. The molecule has 0 bridgehead atoms. The summed E-state index contributed by atoms with van der Waals surface area (Å²) >= 11 is 15.4. The molecular formula is C6H6B3BrCl2. The van der Waals surface area contributed by atoms with E-state index in [0.29, 0.717) is 10.0 Å². The van der Waals surface area contributed by atoms with Gasteiger partial charge in [0.1, 0.15) is 23.5 Å². The van der Waals surface area contributed by atoms with E-state index in [1.807, 2.05) is 23.5 Å². The summed E-state index contributed by atoms with van der Waals surface area (Å²) in [4.78, 5) is 0. The van der Waals surface area contributed by atoms with Crippen molar-refractivity contribution in [1.82, 2.24) is 0 Å². The van der Waals surface area contributed by atoms with E-state index in [1.54, 1.807) is 0 Å². The van der Waals surface area contributed by atoms with Gasteiger partial charge < -0.3 is 0 Å². The van der Waals surface area contributed by atoms with Gasteiger partial charge in [0.25, 0.3) is 0 Å². The Bertz CT molecular complexity index is 235. The lowest BCUT2D eigenvalue weighted by Crippen LogP contribution is -2.40. The molecule has 0 aliphatic heterocycles. The normalized spacial score (nSPS) is 10.2. The van der Waals surface area contributed by atoms with Crippen molar-refractivity contribution < 1.29 is 0 Å². The Hall–Kier alpha value is 0.475. The van der Waals surface area contributed by atoms with Crippen LogP contribution in [0.3, 0.4) is 0 Å². The van der Waals surface area contributed by atoms with Crippen LogP contribution in [0.1, 0.15) is 0 Å². The Morgan fingerprint density at radius 3 is 1.83 bits per heavy atom. The van der Waals surface area contributed by atoms with Crippen LogP contribution < -0.4 is 16.4 Å². The van der Waals surface area contributed by atoms with Gasteiger partial charge in [0.15, 0.2) is 0 Å². The zero-order valence-electron chi connectivity index (χ0n) is 7.13. The standard InChI is InChI=1S/C6H6B3BrCl2/c7-1-2(8)4(10)6(12)5(11)3(1)9/h7-9H2. The van der Waals surface area contributed by atoms with Crippen molar-refractivity contribution in [2.45, 2.75) is 0 Å². The topological polar surface area (TPSA) is 0 Å². The first kappa shape index (κ1) is 10.6. The summed E-state index contributed by atoms with van der Waals surface area (Å²) in [5.74, 6) is 0. The molecule has 1 rings (SSSR count). The van der Waals surface area contributed by atoms with Crippen molar-refractivity contribution in [1.29, 1.82) is 0 Å². The summed E-state index contributed by atoms with van der Waals surface area (Å²) in [5, 5.41) is 1.25. The highest BCUT2D eigenvalue weighted by atomic mass is 79.9. The SMILES string of the molecule is Bc1c(B)c(Cl)c(Cl)c(Br)c1B. The highest BCUT2D eigenvalue weighted by Gasteiger charge is 2.11. The van der Waals surface area contributed by atoms with Crippen LogP contribution in [0.5, 0.6) is 0 Å². The maximum atomic E-state index is 6.00. The average molecular weight is 261 g/mol. The molecule has 0 aromatic heterocycles. The van der Waals surface area contributed by atoms with Gasteiger partial charge in [-0.3, -0.25) is 0 Å². The molecule has 0 heterocycles. The molecule has 0 saturated heterocycles. The van der Waals surface area contributed by atoms with Crippen molar-refractivity contribution in [2.24, 2.45) is 0 Å². The molecule has 1 aromatic rings. The molecule has 1 aromatic carbocycles. The predicted octanol–water partition coefficient (Wildman–Crippen LogP) is -1.47. The van der Waals surface area contributed by atoms with Gasteiger partial charge in [0.2, 0.25) is 0 Å². The van der Waals surface area contributed by atoms with E-state index in [-0.39, 0.29) is 0 Å². The van der Waals surface area contributed by atoms with Gasteiger partial charge in [-0.15, -0.1) is 0 Å². The van der Waals surface area contributed by atoms with Gasteiger partial charge in [-0.1, -0.05) is 39.6 Å². The van der Waals surface area contributed by atoms with Gasteiger partial charge in [-0.05, 0) is 15.9 Å². The number of hydrogen-bond acceptors (Lipinski definition) is 0. The zero-order valence-corrected chi connectivity index (χ0v) is 10.2. The Kier molecular flexibility index (Phi) is 3.24. The molecule has 0 saturated carbocycles. The van der Waals surface area contributed by atoms with E-state index >= 15 is 0 Å². The first-order valence-corrected chi connectivity index (χ1v) is 5.12. The predicted molar refractivity (Wildman–Crippen MR) is 68.7 cm³/mol. The van der Waals surface area contributed by atoms with Crippen LogP contribution in [0, 0.1) is 0 Å². The maximum absolute atomic E-state index is 6.00. The second-order valence-electron chi connectivity index (χ2n) is 2.82. The van der Waals surface area contributed by atoms with Crippen LogP contribution in [0.2, 0.25) is 10.0 Å². The molecule has 0 unspecified atom stereocenters. The van der Waals surface area contributed by atoms with Crippen molar-refractivity contribution in [3.8, 4) is 0 Å². The largest absolute Gasteiger partial charge is 0.140 e. The quantitative estimate of drug-likeness (QED) is 0.395. The highest BCUT2D eigenvalue weighted by Crippen LogP contribution is 2.25. The summed E-state index contributed by atoms with van der Waals surface area (Å²) in [6, 6.07) is 0. The van der Waals surface area contributed by atoms with Gasteiger partial charge >= 0.3 is 0 Å². The summed E-state index contributed by atoms with van der Waals surface area (Å²) in [7, 11) is 6.04. The molecule has 0 spiro atoms. The molecule has 0 radical (unpaired) electrons. The lowest BCUT2D eigenvalue weighted by atomic mass is 9.72. The molecule has 12 heavy (non-hydrogen) atoms. The van der Waals surface area contributed by atoms with Crippen LogP contribution >= 0.6 is 39.1 Å². The highest BCUT2D eigenvalue weighted by molar-refractivity contribution is 9.10. The number of halogens is 3. The number of hydrogen-bond donors (Lipinski definition) is 0. The summed E-state index contributed by atoms with van der Waals surface area (Å²) in [6.07, 6.45) is 0. The molecule has 0 N–H and O–H groups in total. The lowest BCUT2D eigenvalue weighted by molar-refractivity contribution is 1.79. The van der Waals surface area contributed by atoms with E-state index in [2.05, 4.69) is 15.9 Å². The second-order valence-corrected chi connectivity index (χ2v) is 4.37. The van der Waals surface area contributed by atoms with Gasteiger partial charge in [0.05, 0.1) is 10.0 Å². The van der Waals surface area contributed by atoms with Crippen LogP contribution in [0.15, 0.2) is 4.47 Å². The first-order valence-electron chi connectivity index (χ1n) is 3.57. The van der Waals surface area contributed by atoms with E-state index in [9.17, 15) is 0 Å². The fourth-order valence-corrected chi connectivity index (χ4v) is 2.17. The zero-order chi connectivity index (χ0) is 9.46. The smallest absolute Gasteiger partial charge is 0.0987 e. The monoisotopic (exact) mass is 260 g/mol. The minimum Gasteiger partial charge on any atom is -0.0987 e. The van der Waals surface area contributed by atoms with Gasteiger partial charge in [-0.2, -0.15) is 0 Å². The average Bonchev–Trinajstić information content (AvgIpc) is 2.08. The molecule has 60 valence electrons. The molecule has 0 nitrogen and oxygen atoms in total. The minimum atomic E-state index is 0.609. The third-order valence-electron chi connectivity index (χ3n) is 2.17. The third kappa shape index (κ3) is 1.57. The van der Waals surface area contributed by atoms with Crippen molar-refractivity contribution >= 4 is 79.1 Å². The fourth-order valence-electron chi connectivity index (χ4n) is 1.04. The van der Waals surface area contributed by atoms with E-state index in [4.69, 9.17) is 23.2 Å². The summed E-state index contributed by atoms with van der Waals surface area (Å²) in [6.45, 7) is 0. The van der Waals surface area contributed by atoms with Gasteiger partial charge in [0, 0.05) is 4.47 Å². The summed E-state index contributed by atoms with van der Waals surface area (Å²) in [5.41, 5.74) is 3.40. The maximum Gasteiger partial charge on any atom is 0.140 e. The van der Waals surface area contributed by atoms with Crippen LogP contribution in [-0.2, 0) is 0 Å². The van der Waals surface area contributed by atoms with Crippen LogP contribution in [0.4, 0.5) is 0 Å². The van der Waals surface area contributed by atoms with E-state index < -0.39 is 0 Å². The van der Waals surface area contributed by atoms with Crippen molar-refractivity contribution in [3.05, 3.63) is 14.5 Å². The van der Waals surface area contributed by atoms with Crippen LogP contribution in [0.25, 0.3) is 0 Å². The van der Waals surface area contributed by atoms with Gasteiger partial charge in [-0.25, -0.2) is 0 Å². The molecule has 0 fully saturated rings. The van der Waals surface area contributed by atoms with E-state index in [1.165, 1.54) is 5.46 Å². The number of rotatable bonds is 0. The lowest BCUT2D eigenvalue weighted by Gasteiger charge is -2.12. The Balaban J connectivity index is 3.60. The fraction of sp³-hybridized carbons (Fsp3) is 0. The molecule has 0 atom stereocenters. The van der Waals surface area contributed by atoms with E-state index in [0.717, 1.165) is 15.4 Å². The molecule has 0 amide bonds. The Labute approximate surface area is 93.4 Å². The first-order chi connectivity index (χ1) is 5.46. The Morgan fingerprint density at radius 1 is 0.833 bits per heavy atom. The second kappa shape index (κ2) is 3.69. The summed E-state index contributed by atoms with van der Waals surface area (Å²) < 4.78 is 0.900. The minimum absolute atomic E-state index is 0.609. The Morgan fingerprint density at radius 2 is 1.33 bits per heavy atom. The molecule has 6 heteroatoms. The van der Waals surface area contributed by atoms with Crippen LogP contribution in [-0.4, -0.2) is 23.5 Å². The van der Waals surface area contributed by atoms with Crippen molar-refractivity contribution in [2.75, 3.05) is 0 Å². The molecule has 0 aliphatic rings. The third-order valence-corrected chi connectivity index (χ3v) is 4.34.